The molecule has 0 aliphatic rings. The lowest BCUT2D eigenvalue weighted by Gasteiger charge is -2.07. The Morgan fingerprint density at radius 1 is 1.07 bits per heavy atom. The Morgan fingerprint density at radius 2 is 1.89 bits per heavy atom. The number of hydrogen-bond acceptors (Lipinski definition) is 7. The van der Waals surface area contributed by atoms with Crippen LogP contribution in [0, 0.1) is 6.92 Å². The second kappa shape index (κ2) is 7.52. The first-order valence-corrected chi connectivity index (χ1v) is 9.84. The van der Waals surface area contributed by atoms with Gasteiger partial charge in [0.2, 0.25) is 5.89 Å². The first kappa shape index (κ1) is 18.3. The van der Waals surface area contributed by atoms with E-state index >= 15 is 0 Å². The van der Waals surface area contributed by atoms with Gasteiger partial charge in [0.15, 0.2) is 0 Å². The number of aryl methyl sites for hydroxylation is 2. The molecular weight excluding hydrogens is 376 g/mol. The van der Waals surface area contributed by atoms with Crippen molar-refractivity contribution in [2.75, 3.05) is 0 Å². The van der Waals surface area contributed by atoms with Crippen LogP contribution in [0.15, 0.2) is 61.3 Å². The molecule has 0 spiro atoms. The quantitative estimate of drug-likeness (QED) is 0.387. The molecule has 0 radical (unpaired) electrons. The van der Waals surface area contributed by atoms with Gasteiger partial charge in [0.1, 0.15) is 11.3 Å². The molecule has 6 nitrogen and oxygen atoms in total. The van der Waals surface area contributed by atoms with Crippen LogP contribution in [-0.2, 0) is 12.2 Å². The molecule has 7 heteroatoms. The van der Waals surface area contributed by atoms with Gasteiger partial charge < -0.3 is 13.9 Å². The molecule has 2 aromatic carbocycles. The number of benzene rings is 2. The van der Waals surface area contributed by atoms with Crippen LogP contribution in [0.2, 0.25) is 0 Å². The summed E-state index contributed by atoms with van der Waals surface area (Å²) in [6.07, 6.45) is 0.678. The number of aromatic nitrogens is 2. The highest BCUT2D eigenvalue weighted by molar-refractivity contribution is 7.98. The normalized spacial score (nSPS) is 11.2. The minimum absolute atomic E-state index is 0.128. The van der Waals surface area contributed by atoms with Gasteiger partial charge in [-0.25, -0.2) is 4.79 Å². The van der Waals surface area contributed by atoms with E-state index in [1.807, 2.05) is 44.2 Å². The fraction of sp³-hybridized carbons (Fsp3) is 0.190. The average Bonchev–Trinajstić information content (AvgIpc) is 3.14. The summed E-state index contributed by atoms with van der Waals surface area (Å²) < 4.78 is 11.0. The molecule has 0 unspecified atom stereocenters. The summed E-state index contributed by atoms with van der Waals surface area (Å²) in [6.45, 7) is 3.95. The van der Waals surface area contributed by atoms with Crippen molar-refractivity contribution < 1.29 is 13.9 Å². The third-order valence-electron chi connectivity index (χ3n) is 4.54. The maximum Gasteiger partial charge on any atom is 0.336 e. The molecule has 4 rings (SSSR count). The zero-order valence-corrected chi connectivity index (χ0v) is 16.2. The fourth-order valence-electron chi connectivity index (χ4n) is 3.04. The topological polar surface area (TPSA) is 89.4 Å². The molecule has 0 amide bonds. The van der Waals surface area contributed by atoms with Crippen molar-refractivity contribution in [3.8, 4) is 17.2 Å². The van der Waals surface area contributed by atoms with Crippen LogP contribution in [0.25, 0.3) is 22.4 Å². The summed E-state index contributed by atoms with van der Waals surface area (Å²) in [5.74, 6) is 1.06. The highest BCUT2D eigenvalue weighted by Gasteiger charge is 2.14. The van der Waals surface area contributed by atoms with Gasteiger partial charge in [0, 0.05) is 28.8 Å². The molecule has 1 N–H and O–H groups in total. The largest absolute Gasteiger partial charge is 0.508 e. The Morgan fingerprint density at radius 3 is 2.68 bits per heavy atom. The van der Waals surface area contributed by atoms with Gasteiger partial charge in [-0.2, -0.15) is 0 Å². The Balaban J connectivity index is 1.63. The van der Waals surface area contributed by atoms with Gasteiger partial charge in [-0.3, -0.25) is 0 Å². The molecule has 4 aromatic rings. The van der Waals surface area contributed by atoms with Gasteiger partial charge in [0.25, 0.3) is 5.22 Å². The van der Waals surface area contributed by atoms with Gasteiger partial charge in [-0.15, -0.1) is 10.2 Å². The molecule has 0 atom stereocenters. The monoisotopic (exact) mass is 394 g/mol. The molecule has 0 bridgehead atoms. The van der Waals surface area contributed by atoms with E-state index in [4.69, 9.17) is 8.83 Å². The fourth-order valence-corrected chi connectivity index (χ4v) is 3.79. The average molecular weight is 394 g/mol. The molecule has 0 saturated heterocycles. The Hall–Kier alpha value is -3.06. The Labute approximate surface area is 165 Å². The maximum atomic E-state index is 11.9. The summed E-state index contributed by atoms with van der Waals surface area (Å²) in [6, 6.07) is 12.6. The van der Waals surface area contributed by atoms with Crippen LogP contribution in [0.1, 0.15) is 23.6 Å². The van der Waals surface area contributed by atoms with E-state index in [1.165, 1.54) is 23.9 Å². The molecular formula is C21H18N2O4S. The lowest BCUT2D eigenvalue weighted by molar-refractivity contribution is 0.465. The smallest absolute Gasteiger partial charge is 0.336 e. The van der Waals surface area contributed by atoms with Gasteiger partial charge in [-0.05, 0) is 42.2 Å². The number of phenols is 1. The number of thioether (sulfide) groups is 1. The van der Waals surface area contributed by atoms with E-state index in [0.29, 0.717) is 28.9 Å². The first-order chi connectivity index (χ1) is 13.5. The molecule has 28 heavy (non-hydrogen) atoms. The maximum absolute atomic E-state index is 11.9. The minimum Gasteiger partial charge on any atom is -0.508 e. The van der Waals surface area contributed by atoms with E-state index in [2.05, 4.69) is 10.2 Å². The summed E-state index contributed by atoms with van der Waals surface area (Å²) in [7, 11) is 0. The van der Waals surface area contributed by atoms with E-state index in [1.54, 1.807) is 0 Å². The third-order valence-corrected chi connectivity index (χ3v) is 5.41. The van der Waals surface area contributed by atoms with E-state index < -0.39 is 5.63 Å². The highest BCUT2D eigenvalue weighted by Crippen LogP contribution is 2.31. The highest BCUT2D eigenvalue weighted by atomic mass is 32.2. The van der Waals surface area contributed by atoms with Crippen molar-refractivity contribution in [2.24, 2.45) is 0 Å². The predicted octanol–water partition coefficient (Wildman–Crippen LogP) is 4.71. The van der Waals surface area contributed by atoms with Crippen molar-refractivity contribution in [3.63, 3.8) is 0 Å². The predicted molar refractivity (Wildman–Crippen MR) is 108 cm³/mol. The molecule has 0 saturated carbocycles. The van der Waals surface area contributed by atoms with Crippen molar-refractivity contribution in [2.45, 2.75) is 31.2 Å². The van der Waals surface area contributed by atoms with Gasteiger partial charge in [0.05, 0.1) is 0 Å². The summed E-state index contributed by atoms with van der Waals surface area (Å²) in [5.41, 5.74) is 3.45. The van der Waals surface area contributed by atoms with Gasteiger partial charge in [-0.1, -0.05) is 36.9 Å². The number of aromatic hydroxyl groups is 1. The molecule has 0 aliphatic carbocycles. The number of rotatable bonds is 5. The second-order valence-corrected chi connectivity index (χ2v) is 7.32. The van der Waals surface area contributed by atoms with Crippen molar-refractivity contribution in [1.29, 1.82) is 0 Å². The lowest BCUT2D eigenvalue weighted by atomic mass is 10.1. The van der Waals surface area contributed by atoms with Crippen LogP contribution in [0.4, 0.5) is 0 Å². The van der Waals surface area contributed by atoms with E-state index in [0.717, 1.165) is 27.6 Å². The van der Waals surface area contributed by atoms with Crippen LogP contribution < -0.4 is 5.63 Å². The minimum atomic E-state index is -0.460. The molecule has 0 aliphatic heterocycles. The zero-order chi connectivity index (χ0) is 19.7. The summed E-state index contributed by atoms with van der Waals surface area (Å²) in [5, 5.41) is 19.5. The number of phenolic OH excluding ortho intramolecular Hbond substituents is 1. The van der Waals surface area contributed by atoms with Crippen LogP contribution in [0.3, 0.4) is 0 Å². The number of nitrogens with zero attached hydrogens (tertiary/aromatic N) is 2. The number of hydrogen-bond donors (Lipinski definition) is 1. The van der Waals surface area contributed by atoms with Crippen molar-refractivity contribution in [3.05, 3.63) is 69.6 Å². The number of fused-ring (bicyclic) bond motifs is 1. The molecule has 2 aromatic heterocycles. The summed E-state index contributed by atoms with van der Waals surface area (Å²) in [4.78, 5) is 11.9. The molecule has 142 valence electrons. The third kappa shape index (κ3) is 3.53. The molecule has 2 heterocycles. The SMILES string of the molecule is CCc1cc2c(CSc3nnc(-c4ccccc4C)o3)cc(=O)oc2cc1O. The zero-order valence-electron chi connectivity index (χ0n) is 15.4. The standard InChI is InChI=1S/C21H18N2O4S/c1-3-13-8-16-14(9-19(25)26-18(16)10-17(13)24)11-28-21-23-22-20(27-21)15-7-5-4-6-12(15)2/h4-10,24H,3,11H2,1-2H3. The van der Waals surface area contributed by atoms with E-state index in [-0.39, 0.29) is 5.75 Å². The van der Waals surface area contributed by atoms with Gasteiger partial charge >= 0.3 is 5.63 Å². The molecule has 0 fully saturated rings. The van der Waals surface area contributed by atoms with Crippen LogP contribution in [-0.4, -0.2) is 15.3 Å². The van der Waals surface area contributed by atoms with Crippen molar-refractivity contribution >= 4 is 22.7 Å². The van der Waals surface area contributed by atoms with E-state index in [9.17, 15) is 9.90 Å². The lowest BCUT2D eigenvalue weighted by Crippen LogP contribution is -2.00. The Kier molecular flexibility index (Phi) is 4.92. The summed E-state index contributed by atoms with van der Waals surface area (Å²) >= 11 is 1.35. The Bertz CT molecular complexity index is 1210. The van der Waals surface area contributed by atoms with Crippen LogP contribution >= 0.6 is 11.8 Å². The first-order valence-electron chi connectivity index (χ1n) is 8.86. The van der Waals surface area contributed by atoms with Crippen molar-refractivity contribution in [1.82, 2.24) is 10.2 Å². The van der Waals surface area contributed by atoms with Crippen LogP contribution in [0.5, 0.6) is 5.75 Å². The second-order valence-electron chi connectivity index (χ2n) is 6.40.